The number of carbonyl (C=O) groups excluding carboxylic acids is 5. The molecular weight excluding hydrogens is 600 g/mol. The van der Waals surface area contributed by atoms with Crippen LogP contribution in [0.15, 0.2) is 12.7 Å². The largest absolute Gasteiger partial charge is 0.480 e. The van der Waals surface area contributed by atoms with Gasteiger partial charge >= 0.3 is 5.97 Å². The molecule has 2 aromatic heterocycles. The van der Waals surface area contributed by atoms with Gasteiger partial charge in [-0.3, -0.25) is 28.8 Å². The number of nitrogens with one attached hydrogen (secondary N) is 7. The third-order valence-corrected chi connectivity index (χ3v) is 6.30. The quantitative estimate of drug-likeness (QED) is 0.0938. The Balaban J connectivity index is 0.00000968. The van der Waals surface area contributed by atoms with Crippen molar-refractivity contribution >= 4 is 47.8 Å². The summed E-state index contributed by atoms with van der Waals surface area (Å²) in [6.07, 6.45) is 2.89. The minimum Gasteiger partial charge on any atom is -0.480 e. The number of aromatic amines is 2. The number of aromatic nitrogens is 4. The molecule has 0 spiro atoms. The molecule has 0 aliphatic rings. The molecule has 2 aromatic rings. The number of H-pyrrole nitrogens is 2. The van der Waals surface area contributed by atoms with Crippen molar-refractivity contribution in [1.82, 2.24) is 46.5 Å². The second-order valence-electron chi connectivity index (χ2n) is 10.5. The van der Waals surface area contributed by atoms with E-state index in [1.54, 1.807) is 6.92 Å². The van der Waals surface area contributed by atoms with E-state index in [-0.39, 0.29) is 66.0 Å². The predicted molar refractivity (Wildman–Crippen MR) is 159 cm³/mol. The van der Waals surface area contributed by atoms with Crippen LogP contribution in [0.4, 0.5) is 0 Å². The van der Waals surface area contributed by atoms with Crippen LogP contribution in [0.2, 0.25) is 0 Å². The van der Waals surface area contributed by atoms with Crippen molar-refractivity contribution in [1.29, 1.82) is 0 Å². The summed E-state index contributed by atoms with van der Waals surface area (Å²) < 4.78 is 0. The molecule has 0 radical (unpaired) electrons. The first kappa shape index (κ1) is 37.7. The monoisotopic (exact) mass is 641 g/mol. The molecule has 0 fully saturated rings. The number of amides is 4. The number of hydrogen-bond acceptors (Lipinski definition) is 9. The number of rotatable bonds is 17. The van der Waals surface area contributed by atoms with Crippen LogP contribution in [0.3, 0.4) is 0 Å². The maximum atomic E-state index is 13.0. The van der Waals surface area contributed by atoms with E-state index >= 15 is 0 Å². The van der Waals surface area contributed by atoms with Crippen molar-refractivity contribution in [2.24, 2.45) is 5.92 Å². The SMILES string of the molecule is CC(C)C[C@@H](CNCC(=O)[C@H](C)NC(=O)c1[nH]cnc1C(=O)N[C@@H](C)C[NH3+])NC(=O)c1nc[nH]c1C(=O)N[C@@H](C)C(=O)O.Cl. The Hall–Kier alpha value is -4.35. The third kappa shape index (κ3) is 11.1. The van der Waals surface area contributed by atoms with Crippen LogP contribution in [0.1, 0.15) is 83.0 Å². The van der Waals surface area contributed by atoms with E-state index in [1.165, 1.54) is 20.2 Å². The summed E-state index contributed by atoms with van der Waals surface area (Å²) in [6.45, 7) is 8.96. The van der Waals surface area contributed by atoms with Gasteiger partial charge in [0.2, 0.25) is 0 Å². The van der Waals surface area contributed by atoms with Crippen LogP contribution in [0.25, 0.3) is 0 Å². The second kappa shape index (κ2) is 17.7. The summed E-state index contributed by atoms with van der Waals surface area (Å²) in [7, 11) is 0. The van der Waals surface area contributed by atoms with Crippen molar-refractivity contribution < 1.29 is 39.6 Å². The van der Waals surface area contributed by atoms with Gasteiger partial charge in [-0.15, -0.1) is 12.4 Å². The van der Waals surface area contributed by atoms with Gasteiger partial charge in [-0.05, 0) is 33.1 Å². The van der Waals surface area contributed by atoms with Crippen molar-refractivity contribution in [3.8, 4) is 0 Å². The van der Waals surface area contributed by atoms with Gasteiger partial charge in [0, 0.05) is 12.6 Å². The Morgan fingerprint density at radius 1 is 0.795 bits per heavy atom. The molecule has 2 rings (SSSR count). The molecule has 2 heterocycles. The average Bonchev–Trinajstić information content (AvgIpc) is 3.63. The van der Waals surface area contributed by atoms with E-state index < -0.39 is 47.7 Å². The first-order chi connectivity index (χ1) is 20.2. The Morgan fingerprint density at radius 3 is 1.77 bits per heavy atom. The lowest BCUT2D eigenvalue weighted by atomic mass is 10.0. The predicted octanol–water partition coefficient (Wildman–Crippen LogP) is -1.76. The molecule has 4 atom stereocenters. The highest BCUT2D eigenvalue weighted by Gasteiger charge is 2.27. The summed E-state index contributed by atoms with van der Waals surface area (Å²) in [4.78, 5) is 87.4. The minimum atomic E-state index is -1.24. The van der Waals surface area contributed by atoms with E-state index in [4.69, 9.17) is 5.11 Å². The number of aliphatic carboxylic acids is 1. The van der Waals surface area contributed by atoms with Crippen molar-refractivity contribution in [2.45, 2.75) is 65.2 Å². The smallest absolute Gasteiger partial charge is 0.325 e. The topological polar surface area (TPSA) is 268 Å². The van der Waals surface area contributed by atoms with Gasteiger partial charge in [-0.1, -0.05) is 13.8 Å². The van der Waals surface area contributed by atoms with Crippen molar-refractivity contribution in [2.75, 3.05) is 19.6 Å². The van der Waals surface area contributed by atoms with Gasteiger partial charge in [0.15, 0.2) is 17.2 Å². The Bertz CT molecular complexity index is 1310. The minimum absolute atomic E-state index is 0. The molecule has 0 bridgehead atoms. The van der Waals surface area contributed by atoms with Gasteiger partial charge in [0.1, 0.15) is 17.4 Å². The zero-order valence-corrected chi connectivity index (χ0v) is 26.1. The lowest BCUT2D eigenvalue weighted by molar-refractivity contribution is -0.371. The number of ketones is 1. The number of halogens is 1. The molecule has 0 saturated carbocycles. The number of carbonyl (C=O) groups is 6. The Kier molecular flexibility index (Phi) is 15.1. The van der Waals surface area contributed by atoms with Crippen molar-refractivity contribution in [3.63, 3.8) is 0 Å². The molecular formula is C26H42ClN10O7+. The summed E-state index contributed by atoms with van der Waals surface area (Å²) in [5, 5.41) is 22.3. The number of carboxylic acid groups (broad SMARTS) is 1. The van der Waals surface area contributed by atoms with E-state index in [9.17, 15) is 28.8 Å². The fourth-order valence-electron chi connectivity index (χ4n) is 3.86. The maximum Gasteiger partial charge on any atom is 0.325 e. The van der Waals surface area contributed by atoms with Crippen LogP contribution in [0.5, 0.6) is 0 Å². The number of hydrogen-bond donors (Lipinski definition) is 9. The second-order valence-corrected chi connectivity index (χ2v) is 10.5. The molecule has 4 amide bonds. The molecule has 0 aliphatic carbocycles. The first-order valence-corrected chi connectivity index (χ1v) is 13.8. The molecule has 0 aromatic carbocycles. The third-order valence-electron chi connectivity index (χ3n) is 6.30. The lowest BCUT2D eigenvalue weighted by Gasteiger charge is -2.21. The molecule has 11 N–H and O–H groups in total. The molecule has 0 aliphatic heterocycles. The van der Waals surface area contributed by atoms with Gasteiger partial charge in [0.05, 0.1) is 37.8 Å². The lowest BCUT2D eigenvalue weighted by Crippen LogP contribution is -2.59. The van der Waals surface area contributed by atoms with E-state index in [0.717, 1.165) is 6.33 Å². The summed E-state index contributed by atoms with van der Waals surface area (Å²) >= 11 is 0. The average molecular weight is 642 g/mol. The Morgan fingerprint density at radius 2 is 1.30 bits per heavy atom. The fraction of sp³-hybridized carbons (Fsp3) is 0.538. The molecule has 244 valence electrons. The van der Waals surface area contributed by atoms with Crippen LogP contribution in [-0.2, 0) is 9.59 Å². The maximum absolute atomic E-state index is 13.0. The normalized spacial score (nSPS) is 13.5. The number of quaternary nitrogens is 1. The molecule has 44 heavy (non-hydrogen) atoms. The van der Waals surface area contributed by atoms with E-state index in [0.29, 0.717) is 13.0 Å². The Labute approximate surface area is 260 Å². The number of nitrogens with zero attached hydrogens (tertiary/aromatic N) is 2. The summed E-state index contributed by atoms with van der Waals surface area (Å²) in [5.41, 5.74) is 3.15. The zero-order chi connectivity index (χ0) is 32.3. The zero-order valence-electron chi connectivity index (χ0n) is 25.3. The fourth-order valence-corrected chi connectivity index (χ4v) is 3.86. The summed E-state index contributed by atoms with van der Waals surface area (Å²) in [5.74, 6) is -4.09. The molecule has 17 nitrogen and oxygen atoms in total. The van der Waals surface area contributed by atoms with Crippen LogP contribution in [0, 0.1) is 5.92 Å². The highest BCUT2D eigenvalue weighted by Crippen LogP contribution is 2.09. The standard InChI is InChI=1S/C26H40N10O7.ClH/c1-12(2)6-16(36-25(41)21-20(31-11-32-21)24(40)35-15(5)26(42)43)8-28-9-17(37)14(4)34-23(39)19-18(29-10-30-19)22(38)33-13(3)7-27;/h10-16,28H,6-9,27H2,1-5H3,(H,29,30)(H,31,32)(H,33,38)(H,34,39)(H,35,40)(H,36,41)(H,42,43);1H/p+1/t13-,14-,15-,16-;/m0./s1. The van der Waals surface area contributed by atoms with Crippen LogP contribution >= 0.6 is 12.4 Å². The molecule has 0 saturated heterocycles. The van der Waals surface area contributed by atoms with Crippen LogP contribution < -0.4 is 32.3 Å². The highest BCUT2D eigenvalue weighted by molar-refractivity contribution is 6.06. The molecule has 0 unspecified atom stereocenters. The molecule has 18 heteroatoms. The number of imidazole rings is 2. The first-order valence-electron chi connectivity index (χ1n) is 13.8. The number of carboxylic acids is 1. The highest BCUT2D eigenvalue weighted by atomic mass is 35.5. The van der Waals surface area contributed by atoms with Crippen molar-refractivity contribution in [3.05, 3.63) is 35.4 Å². The summed E-state index contributed by atoms with van der Waals surface area (Å²) in [6, 6.07) is -2.76. The van der Waals surface area contributed by atoms with Crippen LogP contribution in [-0.4, -0.2) is 104 Å². The van der Waals surface area contributed by atoms with Gasteiger partial charge in [0.25, 0.3) is 23.6 Å². The number of Topliss-reactive ketones (excluding diaryl/α,β-unsaturated/α-hetero) is 1. The van der Waals surface area contributed by atoms with E-state index in [2.05, 4.69) is 52.3 Å². The van der Waals surface area contributed by atoms with Gasteiger partial charge < -0.3 is 47.4 Å². The van der Waals surface area contributed by atoms with E-state index in [1.807, 2.05) is 13.8 Å². The van der Waals surface area contributed by atoms with Gasteiger partial charge in [-0.2, -0.15) is 0 Å². The van der Waals surface area contributed by atoms with Gasteiger partial charge in [-0.25, -0.2) is 9.97 Å².